The van der Waals surface area contributed by atoms with Crippen molar-refractivity contribution in [2.24, 2.45) is 16.8 Å². The highest BCUT2D eigenvalue weighted by Crippen LogP contribution is 2.32. The number of likely N-dealkylation sites (tertiary alicyclic amines) is 1. The lowest BCUT2D eigenvalue weighted by atomic mass is 9.92. The van der Waals surface area contributed by atoms with Crippen molar-refractivity contribution in [1.82, 2.24) is 25.8 Å². The van der Waals surface area contributed by atoms with Gasteiger partial charge in [-0.15, -0.1) is 0 Å². The van der Waals surface area contributed by atoms with Gasteiger partial charge in [-0.05, 0) is 90.6 Å². The van der Waals surface area contributed by atoms with Gasteiger partial charge in [0.2, 0.25) is 11.8 Å². The minimum Gasteiger partial charge on any atom is -0.490 e. The molecule has 22 nitrogen and oxygen atoms in total. The SMILES string of the molecule is C=C(/C=C(\C=N/C)OCCNC(=O)C[N@@+]1(CC)CC(=O)O[C@H]1[N+](CCN(C)CC(=O)OC(C)C)(CC(=O)O)CC(=O)OI)[C@H](CC(=O)O)NC(=O)[C@@H]1CCCN(C(=O)CCC2CCNCC2)C1. The molecule has 0 saturated carbocycles. The largest absolute Gasteiger partial charge is 0.490 e. The molecule has 0 aromatic heterocycles. The van der Waals surface area contributed by atoms with Crippen molar-refractivity contribution < 1.29 is 74.8 Å². The maximum atomic E-state index is 13.6. The molecule has 5 N–H and O–H groups in total. The van der Waals surface area contributed by atoms with Gasteiger partial charge in [-0.2, -0.15) is 0 Å². The molecule has 376 valence electrons. The molecule has 3 aliphatic rings. The number of halogens is 1. The van der Waals surface area contributed by atoms with Gasteiger partial charge in [0.1, 0.15) is 18.9 Å². The van der Waals surface area contributed by atoms with Crippen LogP contribution in [0.15, 0.2) is 29.0 Å². The van der Waals surface area contributed by atoms with Crippen molar-refractivity contribution >= 4 is 76.8 Å². The van der Waals surface area contributed by atoms with Crippen LogP contribution in [0.4, 0.5) is 0 Å². The Morgan fingerprint density at radius 3 is 2.45 bits per heavy atom. The summed E-state index contributed by atoms with van der Waals surface area (Å²) < 4.78 is 20.9. The fourth-order valence-electron chi connectivity index (χ4n) is 8.79. The Kier molecular flexibility index (Phi) is 23.6. The van der Waals surface area contributed by atoms with Gasteiger partial charge in [-0.1, -0.05) is 6.58 Å². The number of amides is 3. The highest BCUT2D eigenvalue weighted by atomic mass is 127. The fourth-order valence-corrected chi connectivity index (χ4v) is 8.93. The van der Waals surface area contributed by atoms with Crippen LogP contribution in [0, 0.1) is 11.8 Å². The molecule has 3 saturated heterocycles. The van der Waals surface area contributed by atoms with E-state index >= 15 is 0 Å². The highest BCUT2D eigenvalue weighted by Gasteiger charge is 2.61. The normalized spacial score (nSPS) is 21.6. The van der Waals surface area contributed by atoms with Crippen LogP contribution in [0.1, 0.15) is 65.7 Å². The van der Waals surface area contributed by atoms with Crippen LogP contribution in [-0.2, 0) is 55.6 Å². The number of carbonyl (C=O) groups is 8. The number of allylic oxidation sites excluding steroid dienone is 1. The van der Waals surface area contributed by atoms with Crippen LogP contribution in [-0.4, -0.2) is 207 Å². The number of hydrogen-bond acceptors (Lipinski definition) is 15. The van der Waals surface area contributed by atoms with E-state index in [9.17, 15) is 48.6 Å². The summed E-state index contributed by atoms with van der Waals surface area (Å²) in [6.45, 7) is 9.81. The average molecular weight is 1060 g/mol. The predicted octanol–water partition coefficient (Wildman–Crippen LogP) is 0.593. The van der Waals surface area contributed by atoms with Crippen molar-refractivity contribution in [1.29, 1.82) is 0 Å². The van der Waals surface area contributed by atoms with Crippen LogP contribution < -0.4 is 16.0 Å². The first-order valence-corrected chi connectivity index (χ1v) is 23.7. The van der Waals surface area contributed by atoms with E-state index in [-0.39, 0.29) is 92.7 Å². The van der Waals surface area contributed by atoms with Crippen molar-refractivity contribution in [3.05, 3.63) is 24.0 Å². The number of cyclic esters (lactones) is 1. The summed E-state index contributed by atoms with van der Waals surface area (Å²) in [6, 6.07) is -1.01. The summed E-state index contributed by atoms with van der Waals surface area (Å²) in [5.41, 5.74) is 0.218. The summed E-state index contributed by atoms with van der Waals surface area (Å²) >= 11 is 1.39. The van der Waals surface area contributed by atoms with Crippen molar-refractivity contribution in [3.8, 4) is 0 Å². The number of piperidine rings is 2. The van der Waals surface area contributed by atoms with Gasteiger partial charge in [0, 0.05) is 33.1 Å². The van der Waals surface area contributed by atoms with E-state index in [1.54, 1.807) is 37.6 Å². The number of hydrogen-bond donors (Lipinski definition) is 5. The molecule has 0 aromatic carbocycles. The molecule has 0 aromatic rings. The Morgan fingerprint density at radius 1 is 1.10 bits per heavy atom. The Hall–Kier alpha value is -4.72. The third-order valence-corrected chi connectivity index (χ3v) is 12.7. The van der Waals surface area contributed by atoms with Gasteiger partial charge in [-0.25, -0.2) is 23.3 Å². The molecule has 3 heterocycles. The number of quaternary nitrogens is 2. The predicted molar refractivity (Wildman–Crippen MR) is 251 cm³/mol. The molecule has 3 rings (SSSR count). The number of carboxylic acids is 2. The molecule has 0 bridgehead atoms. The number of aliphatic carboxylic acids is 2. The topological polar surface area (TPSA) is 269 Å². The van der Waals surface area contributed by atoms with Crippen LogP contribution in [0.5, 0.6) is 0 Å². The second kappa shape index (κ2) is 27.9. The van der Waals surface area contributed by atoms with E-state index in [0.717, 1.165) is 32.4 Å². The van der Waals surface area contributed by atoms with Crippen LogP contribution in [0.2, 0.25) is 0 Å². The molecule has 3 aliphatic heterocycles. The lowest BCUT2D eigenvalue weighted by molar-refractivity contribution is -1.14. The molecule has 0 spiro atoms. The summed E-state index contributed by atoms with van der Waals surface area (Å²) in [7, 11) is 3.11. The van der Waals surface area contributed by atoms with E-state index in [2.05, 4.69) is 27.5 Å². The first-order valence-electron chi connectivity index (χ1n) is 22.8. The molecular formula is C44H71IN8O14+2. The number of aliphatic imine (C=N–C) groups is 1. The van der Waals surface area contributed by atoms with E-state index < -0.39 is 78.1 Å². The molecule has 1 unspecified atom stereocenters. The van der Waals surface area contributed by atoms with Gasteiger partial charge >= 0.3 is 36.2 Å². The van der Waals surface area contributed by atoms with Crippen LogP contribution >= 0.6 is 23.0 Å². The second-order valence-electron chi connectivity index (χ2n) is 17.8. The lowest BCUT2D eigenvalue weighted by Gasteiger charge is -2.45. The molecule has 5 atom stereocenters. The number of ether oxygens (including phenoxy) is 3. The van der Waals surface area contributed by atoms with Gasteiger partial charge in [0.25, 0.3) is 5.91 Å². The summed E-state index contributed by atoms with van der Waals surface area (Å²) in [4.78, 5) is 110. The molecule has 23 heteroatoms. The zero-order valence-electron chi connectivity index (χ0n) is 39.5. The monoisotopic (exact) mass is 1060 g/mol. The fraction of sp³-hybridized carbons (Fsp3) is 0.705. The third-order valence-electron chi connectivity index (χ3n) is 12.2. The molecule has 0 aliphatic carbocycles. The second-order valence-corrected chi connectivity index (χ2v) is 18.3. The summed E-state index contributed by atoms with van der Waals surface area (Å²) in [5.74, 6) is -5.25. The van der Waals surface area contributed by atoms with Crippen molar-refractivity contribution in [3.63, 3.8) is 0 Å². The minimum absolute atomic E-state index is 0.0179. The molecule has 0 radical (unpaired) electrons. The van der Waals surface area contributed by atoms with Crippen molar-refractivity contribution in [2.75, 3.05) is 106 Å². The average Bonchev–Trinajstić information content (AvgIpc) is 3.61. The molecular weight excluding hydrogens is 991 g/mol. The maximum absolute atomic E-state index is 13.6. The van der Waals surface area contributed by atoms with E-state index in [0.29, 0.717) is 31.7 Å². The van der Waals surface area contributed by atoms with Crippen molar-refractivity contribution in [2.45, 2.75) is 84.2 Å². The maximum Gasteiger partial charge on any atom is 0.377 e. The number of esters is 2. The number of nitrogens with one attached hydrogen (secondary N) is 3. The Balaban J connectivity index is 1.68. The molecule has 67 heavy (non-hydrogen) atoms. The van der Waals surface area contributed by atoms with Gasteiger partial charge < -0.3 is 48.3 Å². The number of nitrogens with zero attached hydrogens (tertiary/aromatic N) is 5. The minimum atomic E-state index is -1.32. The zero-order chi connectivity index (χ0) is 49.7. The van der Waals surface area contributed by atoms with Crippen LogP contribution in [0.25, 0.3) is 0 Å². The quantitative estimate of drug-likeness (QED) is 0.0137. The molecule has 3 amide bonds. The van der Waals surface area contributed by atoms with E-state index in [4.69, 9.17) is 17.3 Å². The number of carbonyl (C=O) groups excluding carboxylic acids is 6. The van der Waals surface area contributed by atoms with E-state index in [1.807, 2.05) is 0 Å². The van der Waals surface area contributed by atoms with E-state index in [1.165, 1.54) is 42.3 Å². The van der Waals surface area contributed by atoms with Crippen LogP contribution in [0.3, 0.4) is 0 Å². The number of rotatable bonds is 28. The van der Waals surface area contributed by atoms with Gasteiger partial charge in [0.05, 0.1) is 50.3 Å². The smallest absolute Gasteiger partial charge is 0.377 e. The highest BCUT2D eigenvalue weighted by molar-refractivity contribution is 14.1. The standard InChI is InChI=1S/C44H69IN8O14/c1-7-52(28-41(61)66-44(52)53(27-39(58)59,29-42(62)67-45)19-18-50(6)25-40(60)65-30(2)3)26-36(54)48-16-20-64-34(23-46-5)21-31(4)35(22-38(56)57)49-43(63)33-9-8-17-51(24-33)37(55)11-10-32-12-14-47-15-13-32/h21,23,30,32-33,35,44,47H,4,7-20,22,24-29H2,1-3,5-6H3,(H2-2,48,49,54,56,57,58,59,63)/p+2/b34-21+,46-23-/t33-,35+,44-,52+,53?/m1/s1. The molecule has 3 fully saturated rings. The zero-order valence-corrected chi connectivity index (χ0v) is 41.7. The Bertz CT molecular complexity index is 1830. The number of likely N-dealkylation sites (N-methyl/N-ethyl adjacent to an activating group) is 2. The summed E-state index contributed by atoms with van der Waals surface area (Å²) in [5, 5.41) is 28.8. The van der Waals surface area contributed by atoms with Gasteiger partial charge in [-0.3, -0.25) is 33.9 Å². The first kappa shape index (κ1) is 56.6. The number of carboxylic acid groups (broad SMARTS) is 2. The summed E-state index contributed by atoms with van der Waals surface area (Å²) in [6.07, 6.45) is 5.16. The lowest BCUT2D eigenvalue weighted by Crippen LogP contribution is -2.72. The third kappa shape index (κ3) is 18.7. The van der Waals surface area contributed by atoms with Gasteiger partial charge in [0.15, 0.2) is 49.2 Å². The first-order chi connectivity index (χ1) is 31.7. The Labute approximate surface area is 406 Å². The Morgan fingerprint density at radius 2 is 1.82 bits per heavy atom.